The van der Waals surface area contributed by atoms with Crippen molar-refractivity contribution in [1.29, 1.82) is 0 Å². The van der Waals surface area contributed by atoms with E-state index in [1.54, 1.807) is 17.5 Å². The van der Waals surface area contributed by atoms with E-state index in [2.05, 4.69) is 0 Å². The molecule has 2 heterocycles. The first-order chi connectivity index (χ1) is 15.5. The summed E-state index contributed by atoms with van der Waals surface area (Å²) in [6.45, 7) is 1.92. The van der Waals surface area contributed by atoms with Crippen LogP contribution in [0.1, 0.15) is 44.5 Å². The van der Waals surface area contributed by atoms with Crippen LogP contribution in [0.5, 0.6) is 0 Å². The fraction of sp³-hybridized carbons (Fsp3) is 0.120. The van der Waals surface area contributed by atoms with Crippen LogP contribution in [0.4, 0.5) is 5.69 Å². The number of hydrogen-bond acceptors (Lipinski definition) is 5. The van der Waals surface area contributed by atoms with Crippen LogP contribution < -0.4 is 0 Å². The maximum Gasteiger partial charge on any atom is 0.340 e. The average molecular weight is 428 g/mol. The molecule has 0 fully saturated rings. The largest absolute Gasteiger partial charge is 0.462 e. The van der Waals surface area contributed by atoms with Gasteiger partial charge in [0, 0.05) is 23.9 Å². The Labute approximate surface area is 184 Å². The number of non-ortho nitro benzene ring substituents is 1. The van der Waals surface area contributed by atoms with Crippen LogP contribution in [0.2, 0.25) is 0 Å². The molecule has 0 amide bonds. The molecule has 7 nitrogen and oxygen atoms in total. The van der Waals surface area contributed by atoms with Gasteiger partial charge in [0.25, 0.3) is 5.69 Å². The first-order valence-corrected chi connectivity index (χ1v) is 10.1. The van der Waals surface area contributed by atoms with Crippen LogP contribution >= 0.6 is 0 Å². The Kier molecular flexibility index (Phi) is 5.81. The van der Waals surface area contributed by atoms with E-state index in [-0.39, 0.29) is 29.1 Å². The predicted molar refractivity (Wildman–Crippen MR) is 119 cm³/mol. The van der Waals surface area contributed by atoms with Gasteiger partial charge in [-0.3, -0.25) is 14.9 Å². The zero-order valence-corrected chi connectivity index (χ0v) is 17.4. The lowest BCUT2D eigenvalue weighted by Crippen LogP contribution is -2.06. The van der Waals surface area contributed by atoms with Crippen molar-refractivity contribution >= 4 is 23.0 Å². The molecule has 2 aromatic carbocycles. The normalized spacial score (nSPS) is 10.8. The summed E-state index contributed by atoms with van der Waals surface area (Å²) in [5.74, 6) is -0.949. The van der Waals surface area contributed by atoms with Gasteiger partial charge in [-0.05, 0) is 42.7 Å². The minimum atomic E-state index is -0.549. The van der Waals surface area contributed by atoms with Gasteiger partial charge in [-0.2, -0.15) is 0 Å². The Morgan fingerprint density at radius 2 is 1.75 bits per heavy atom. The minimum absolute atomic E-state index is 0.169. The van der Waals surface area contributed by atoms with Gasteiger partial charge in [0.05, 0.1) is 28.3 Å². The number of hydrogen-bond donors (Lipinski definition) is 0. The number of nitrogens with zero attached hydrogens (tertiary/aromatic N) is 2. The topological polar surface area (TPSA) is 90.9 Å². The monoisotopic (exact) mass is 428 g/mol. The van der Waals surface area contributed by atoms with Crippen molar-refractivity contribution in [2.45, 2.75) is 13.3 Å². The Balaban J connectivity index is 1.80. The summed E-state index contributed by atoms with van der Waals surface area (Å²) in [4.78, 5) is 36.4. The molecule has 0 aliphatic carbocycles. The number of nitro benzene ring substituents is 1. The van der Waals surface area contributed by atoms with E-state index in [0.717, 1.165) is 11.1 Å². The van der Waals surface area contributed by atoms with E-state index in [0.29, 0.717) is 11.9 Å². The van der Waals surface area contributed by atoms with Gasteiger partial charge >= 0.3 is 5.97 Å². The molecule has 0 saturated carbocycles. The Morgan fingerprint density at radius 3 is 2.47 bits per heavy atom. The number of esters is 1. The third-order valence-electron chi connectivity index (χ3n) is 5.13. The number of pyridine rings is 1. The maximum atomic E-state index is 13.2. The lowest BCUT2D eigenvalue weighted by atomic mass is 10.1. The van der Waals surface area contributed by atoms with Crippen LogP contribution in [0.25, 0.3) is 5.52 Å². The minimum Gasteiger partial charge on any atom is -0.462 e. The molecule has 32 heavy (non-hydrogen) atoms. The molecule has 0 saturated heterocycles. The van der Waals surface area contributed by atoms with Crippen molar-refractivity contribution in [1.82, 2.24) is 4.40 Å². The highest BCUT2D eigenvalue weighted by Gasteiger charge is 2.22. The molecular weight excluding hydrogens is 408 g/mol. The van der Waals surface area contributed by atoms with Crippen molar-refractivity contribution in [2.75, 3.05) is 6.61 Å². The summed E-state index contributed by atoms with van der Waals surface area (Å²) in [6.07, 6.45) is 2.40. The quantitative estimate of drug-likeness (QED) is 0.182. The first kappa shape index (κ1) is 21.0. The summed E-state index contributed by atoms with van der Waals surface area (Å²) in [7, 11) is 0. The predicted octanol–water partition coefficient (Wildman–Crippen LogP) is 4.85. The molecule has 0 radical (unpaired) electrons. The fourth-order valence-electron chi connectivity index (χ4n) is 3.64. The highest BCUT2D eigenvalue weighted by atomic mass is 16.6. The highest BCUT2D eigenvalue weighted by molar-refractivity contribution is 6.11. The third-order valence-corrected chi connectivity index (χ3v) is 5.13. The number of ketones is 1. The highest BCUT2D eigenvalue weighted by Crippen LogP contribution is 2.24. The Morgan fingerprint density at radius 1 is 0.969 bits per heavy atom. The number of carbonyl (C=O) groups is 2. The third kappa shape index (κ3) is 4.13. The van der Waals surface area contributed by atoms with Crippen molar-refractivity contribution < 1.29 is 19.2 Å². The number of rotatable bonds is 7. The fourth-order valence-corrected chi connectivity index (χ4v) is 3.64. The molecule has 7 heteroatoms. The Hall–Kier alpha value is -4.26. The summed E-state index contributed by atoms with van der Waals surface area (Å²) >= 11 is 0. The number of ether oxygens (including phenoxy) is 1. The van der Waals surface area contributed by atoms with Crippen LogP contribution in [0.15, 0.2) is 79.0 Å². The molecule has 4 aromatic rings. The summed E-state index contributed by atoms with van der Waals surface area (Å²) < 4.78 is 6.82. The SMILES string of the molecule is CCOC(=O)c1cc(C(=O)c2cccc([N+](=O)[O-])c2)n2ccc(Cc3ccccc3)cc12. The summed E-state index contributed by atoms with van der Waals surface area (Å²) in [5.41, 5.74) is 3.14. The zero-order chi connectivity index (χ0) is 22.7. The van der Waals surface area contributed by atoms with Crippen LogP contribution in [-0.4, -0.2) is 27.7 Å². The molecule has 0 aliphatic rings. The molecule has 4 rings (SSSR count). The molecular formula is C25H20N2O5. The average Bonchev–Trinajstić information content (AvgIpc) is 3.18. The van der Waals surface area contributed by atoms with Crippen molar-refractivity contribution in [3.05, 3.63) is 117 Å². The van der Waals surface area contributed by atoms with E-state index in [1.165, 1.54) is 30.3 Å². The van der Waals surface area contributed by atoms with Gasteiger partial charge in [-0.15, -0.1) is 0 Å². The van der Waals surface area contributed by atoms with Gasteiger partial charge in [-0.1, -0.05) is 42.5 Å². The van der Waals surface area contributed by atoms with E-state index in [1.807, 2.05) is 42.5 Å². The van der Waals surface area contributed by atoms with Crippen LogP contribution in [0.3, 0.4) is 0 Å². The zero-order valence-electron chi connectivity index (χ0n) is 17.4. The van der Waals surface area contributed by atoms with Crippen molar-refractivity contribution in [3.63, 3.8) is 0 Å². The van der Waals surface area contributed by atoms with E-state index >= 15 is 0 Å². The van der Waals surface area contributed by atoms with Gasteiger partial charge in [-0.25, -0.2) is 4.79 Å². The molecule has 160 valence electrons. The lowest BCUT2D eigenvalue weighted by Gasteiger charge is -2.07. The first-order valence-electron chi connectivity index (χ1n) is 10.1. The summed E-state index contributed by atoms with van der Waals surface area (Å²) in [5, 5.41) is 11.1. The molecule has 0 spiro atoms. The van der Waals surface area contributed by atoms with E-state index < -0.39 is 16.7 Å². The Bertz CT molecular complexity index is 1320. The standard InChI is InChI=1S/C25H20N2O5/c1-2-32-25(29)21-16-23(24(28)19-9-6-10-20(15-19)27(30)31)26-12-11-18(14-22(21)26)13-17-7-4-3-5-8-17/h3-12,14-16H,2,13H2,1H3. The second-order valence-electron chi connectivity index (χ2n) is 7.25. The van der Waals surface area contributed by atoms with Gasteiger partial charge in [0.2, 0.25) is 5.78 Å². The number of carbonyl (C=O) groups excluding carboxylic acids is 2. The molecule has 0 atom stereocenters. The maximum absolute atomic E-state index is 13.2. The van der Waals surface area contributed by atoms with Gasteiger partial charge in [0.15, 0.2) is 0 Å². The number of nitro groups is 1. The lowest BCUT2D eigenvalue weighted by molar-refractivity contribution is -0.384. The molecule has 0 aliphatic heterocycles. The van der Waals surface area contributed by atoms with Crippen molar-refractivity contribution in [3.8, 4) is 0 Å². The van der Waals surface area contributed by atoms with Crippen LogP contribution in [0, 0.1) is 10.1 Å². The smallest absolute Gasteiger partial charge is 0.340 e. The van der Waals surface area contributed by atoms with Gasteiger partial charge < -0.3 is 9.14 Å². The van der Waals surface area contributed by atoms with E-state index in [4.69, 9.17) is 4.74 Å². The van der Waals surface area contributed by atoms with Crippen LogP contribution in [-0.2, 0) is 11.2 Å². The number of aromatic nitrogens is 1. The molecule has 0 N–H and O–H groups in total. The summed E-state index contributed by atoms with van der Waals surface area (Å²) in [6, 6.07) is 20.7. The molecule has 2 aromatic heterocycles. The number of benzene rings is 2. The molecule has 0 unspecified atom stereocenters. The second-order valence-corrected chi connectivity index (χ2v) is 7.25. The van der Waals surface area contributed by atoms with Crippen molar-refractivity contribution in [2.24, 2.45) is 0 Å². The van der Waals surface area contributed by atoms with Gasteiger partial charge in [0.1, 0.15) is 0 Å². The second kappa shape index (κ2) is 8.85. The van der Waals surface area contributed by atoms with E-state index in [9.17, 15) is 19.7 Å². The number of fused-ring (bicyclic) bond motifs is 1. The molecule has 0 bridgehead atoms.